The molecule has 8 aromatic carbocycles. The fourth-order valence-corrected chi connectivity index (χ4v) is 14.2. The lowest BCUT2D eigenvalue weighted by atomic mass is 9.79. The molecule has 11 nitrogen and oxygen atoms in total. The summed E-state index contributed by atoms with van der Waals surface area (Å²) in [6.45, 7) is 0. The van der Waals surface area contributed by atoms with Gasteiger partial charge in [0.25, 0.3) is 0 Å². The van der Waals surface area contributed by atoms with Crippen LogP contribution < -0.4 is 27.0 Å². The number of aromatic carboxylic acids is 1. The predicted octanol–water partition coefficient (Wildman–Crippen LogP) is 14.1. The van der Waals surface area contributed by atoms with Crippen molar-refractivity contribution >= 4 is 122 Å². The quantitative estimate of drug-likeness (QED) is 0.0752. The topological polar surface area (TPSA) is 180 Å². The fourth-order valence-electron chi connectivity index (χ4n) is 12.3. The summed E-state index contributed by atoms with van der Waals surface area (Å²) in [5, 5.41) is 22.7. The molecule has 15 rings (SSSR count). The maximum Gasteiger partial charge on any atom is 0.335 e. The Hall–Kier alpha value is -7.17. The lowest BCUT2D eigenvalue weighted by Crippen LogP contribution is -2.35. The van der Waals surface area contributed by atoms with Gasteiger partial charge in [-0.1, -0.05) is 168 Å². The van der Waals surface area contributed by atoms with Crippen molar-refractivity contribution in [3.8, 4) is 0 Å². The summed E-state index contributed by atoms with van der Waals surface area (Å²) in [5.74, 6) is -0.572. The highest BCUT2D eigenvalue weighted by Gasteiger charge is 2.52. The fraction of sp³-hybridized carbons (Fsp3) is 0.197. The van der Waals surface area contributed by atoms with E-state index in [1.54, 1.807) is 12.1 Å². The van der Waals surface area contributed by atoms with Gasteiger partial charge in [0, 0.05) is 48.0 Å². The van der Waals surface area contributed by atoms with Crippen LogP contribution in [0, 0.1) is 0 Å². The average Bonchev–Trinajstić information content (AvgIpc) is 4.53. The van der Waals surface area contributed by atoms with Crippen LogP contribution in [-0.4, -0.2) is 34.7 Å². The van der Waals surface area contributed by atoms with Crippen molar-refractivity contribution < 1.29 is 29.1 Å². The van der Waals surface area contributed by atoms with Crippen LogP contribution in [0.4, 0.5) is 28.4 Å². The molecular formula is C66H57Br4N5O6. The third kappa shape index (κ3) is 10.9. The molecule has 7 N–H and O–H groups in total. The minimum absolute atomic E-state index is 0. The van der Waals surface area contributed by atoms with Gasteiger partial charge in [-0.2, -0.15) is 0 Å². The number of nitrogens with one attached hydrogen (secondary N) is 4. The molecule has 4 amide bonds. The Balaban J connectivity index is 0.000000116. The van der Waals surface area contributed by atoms with Gasteiger partial charge in [0.15, 0.2) is 0 Å². The third-order valence-corrected chi connectivity index (χ3v) is 18.5. The van der Waals surface area contributed by atoms with Crippen molar-refractivity contribution in [2.75, 3.05) is 27.0 Å². The van der Waals surface area contributed by atoms with Crippen molar-refractivity contribution in [1.29, 1.82) is 0 Å². The Kier molecular flexibility index (Phi) is 16.5. The molecule has 0 bridgehead atoms. The van der Waals surface area contributed by atoms with E-state index in [4.69, 9.17) is 10.8 Å². The van der Waals surface area contributed by atoms with E-state index in [1.165, 1.54) is 33.4 Å². The number of alkyl halides is 2. The van der Waals surface area contributed by atoms with E-state index in [0.717, 1.165) is 107 Å². The van der Waals surface area contributed by atoms with Crippen LogP contribution in [-0.2, 0) is 91.0 Å². The van der Waals surface area contributed by atoms with E-state index >= 15 is 0 Å². The molecule has 7 aliphatic rings. The Bertz CT molecular complexity index is 3700. The standard InChI is InChI=1S/C17H13NO3.C16H12BrNO.C16H14N2O.C8H7Br3.C8H7NO.CH4/c19-15(20)10-5-6-11-8-17(9-12(11)7-10)13-3-1-2-4-14(13)18-16(17)21;2*17-12-6-5-10-8-16(9-11(10)7-12)13-3-1-2-4-14(13)18-15(16)19;9-4-6-1-2-8(11)3-7(6)5-10;10-8-5-6-3-1-2-4-7(6)9-8;/h1-7H,8-9H2,(H,18,21)(H,19,20);1-7H,8-9H2,(H,18,19);1-7H,8-9,17H2,(H,18,19);1-3H,4-5H2;1-4H,5H2,(H,9,10);1H4. The smallest absolute Gasteiger partial charge is 0.335 e. The number of carboxylic acids is 1. The zero-order valence-corrected chi connectivity index (χ0v) is 49.5. The average molecular weight is 1340 g/mol. The molecule has 0 saturated heterocycles. The second-order valence-corrected chi connectivity index (χ2v) is 24.1. The number of carboxylic acid groups (broad SMARTS) is 1. The van der Waals surface area contributed by atoms with Crippen LogP contribution >= 0.6 is 63.7 Å². The lowest BCUT2D eigenvalue weighted by molar-refractivity contribution is -0.121. The molecule has 15 heteroatoms. The van der Waals surface area contributed by atoms with Crippen LogP contribution in [0.2, 0.25) is 0 Å². The first-order valence-electron chi connectivity index (χ1n) is 26.1. The second kappa shape index (κ2) is 23.4. The highest BCUT2D eigenvalue weighted by atomic mass is 79.9. The molecule has 3 spiro atoms. The van der Waals surface area contributed by atoms with Crippen LogP contribution in [0.3, 0.4) is 0 Å². The van der Waals surface area contributed by atoms with E-state index in [-0.39, 0.29) is 42.0 Å². The van der Waals surface area contributed by atoms with E-state index in [0.29, 0.717) is 19.3 Å². The highest BCUT2D eigenvalue weighted by molar-refractivity contribution is 9.11. The summed E-state index contributed by atoms with van der Waals surface area (Å²) in [5.41, 5.74) is 23.3. The number of fused-ring (bicyclic) bond motifs is 10. The van der Waals surface area contributed by atoms with Crippen molar-refractivity contribution in [3.63, 3.8) is 0 Å². The molecule has 81 heavy (non-hydrogen) atoms. The predicted molar refractivity (Wildman–Crippen MR) is 336 cm³/mol. The largest absolute Gasteiger partial charge is 0.478 e. The summed E-state index contributed by atoms with van der Waals surface area (Å²) >= 11 is 13.8. The number of nitrogen functional groups attached to an aromatic ring is 1. The van der Waals surface area contributed by atoms with Crippen LogP contribution in [0.1, 0.15) is 84.5 Å². The van der Waals surface area contributed by atoms with Crippen molar-refractivity contribution in [2.24, 2.45) is 0 Å². The Morgan fingerprint density at radius 2 is 0.852 bits per heavy atom. The van der Waals surface area contributed by atoms with E-state index < -0.39 is 16.8 Å². The van der Waals surface area contributed by atoms with Gasteiger partial charge in [0.1, 0.15) is 0 Å². The van der Waals surface area contributed by atoms with Gasteiger partial charge in [-0.15, -0.1) is 0 Å². The van der Waals surface area contributed by atoms with Gasteiger partial charge in [-0.25, -0.2) is 4.79 Å². The molecule has 3 unspecified atom stereocenters. The first-order chi connectivity index (χ1) is 38.6. The molecule has 0 radical (unpaired) electrons. The minimum Gasteiger partial charge on any atom is -0.478 e. The van der Waals surface area contributed by atoms with E-state index in [1.807, 2.05) is 109 Å². The number of anilines is 5. The van der Waals surface area contributed by atoms with Gasteiger partial charge in [0.2, 0.25) is 23.6 Å². The Morgan fingerprint density at radius 3 is 1.35 bits per heavy atom. The SMILES string of the molecule is BrCc1ccc(Br)cc1CBr.C.Nc1ccc2c(c1)CC1(C2)C(=O)Nc2ccccc21.O=C(O)c1ccc2c(c1)CC1(C2)C(=O)Nc2ccccc21.O=C1Cc2ccccc2N1.O=C1Nc2ccccc2C12Cc1ccc(Br)cc1C2. The van der Waals surface area contributed by atoms with E-state index in [9.17, 15) is 24.0 Å². The highest BCUT2D eigenvalue weighted by Crippen LogP contribution is 2.50. The second-order valence-electron chi connectivity index (χ2n) is 21.1. The molecular weight excluding hydrogens is 1280 g/mol. The monoisotopic (exact) mass is 1330 g/mol. The van der Waals surface area contributed by atoms with Crippen molar-refractivity contribution in [1.82, 2.24) is 0 Å². The van der Waals surface area contributed by atoms with Gasteiger partial charge in [0.05, 0.1) is 28.2 Å². The molecule has 410 valence electrons. The number of hydrogen-bond acceptors (Lipinski definition) is 6. The maximum atomic E-state index is 12.5. The number of rotatable bonds is 3. The van der Waals surface area contributed by atoms with Crippen molar-refractivity contribution in [2.45, 2.75) is 79.3 Å². The molecule has 3 atom stereocenters. The van der Waals surface area contributed by atoms with Crippen molar-refractivity contribution in [3.05, 3.63) is 251 Å². The van der Waals surface area contributed by atoms with Crippen LogP contribution in [0.25, 0.3) is 0 Å². The number of para-hydroxylation sites is 4. The van der Waals surface area contributed by atoms with Crippen LogP contribution in [0.5, 0.6) is 0 Å². The maximum absolute atomic E-state index is 12.5. The Labute approximate surface area is 504 Å². The first kappa shape index (κ1) is 57.1. The third-order valence-electron chi connectivity index (χ3n) is 16.3. The molecule has 0 saturated carbocycles. The van der Waals surface area contributed by atoms with Crippen LogP contribution in [0.15, 0.2) is 179 Å². The molecule has 0 fully saturated rings. The summed E-state index contributed by atoms with van der Waals surface area (Å²) < 4.78 is 2.21. The number of hydrogen-bond donors (Lipinski definition) is 6. The van der Waals surface area contributed by atoms with Gasteiger partial charge >= 0.3 is 5.97 Å². The summed E-state index contributed by atoms with van der Waals surface area (Å²) in [6, 6.07) is 55.2. The molecule has 4 aliphatic heterocycles. The number of amides is 4. The normalized spacial score (nSPS) is 19.8. The van der Waals surface area contributed by atoms with Gasteiger partial charge in [-0.05, 0) is 178 Å². The number of carbonyl (C=O) groups excluding carboxylic acids is 4. The molecule has 3 aliphatic carbocycles. The molecule has 8 aromatic rings. The summed E-state index contributed by atoms with van der Waals surface area (Å²) in [7, 11) is 0. The zero-order valence-electron chi connectivity index (χ0n) is 43.1. The van der Waals surface area contributed by atoms with E-state index in [2.05, 4.69) is 134 Å². The van der Waals surface area contributed by atoms with Gasteiger partial charge < -0.3 is 32.1 Å². The summed E-state index contributed by atoms with van der Waals surface area (Å²) in [4.78, 5) is 59.4. The minimum atomic E-state index is -0.935. The lowest BCUT2D eigenvalue weighted by Gasteiger charge is -2.20. The molecule has 0 aromatic heterocycles. The number of carbonyl (C=O) groups is 5. The number of halogens is 4. The van der Waals surface area contributed by atoms with Gasteiger partial charge in [-0.3, -0.25) is 19.2 Å². The first-order valence-corrected chi connectivity index (χ1v) is 29.9. The summed E-state index contributed by atoms with van der Waals surface area (Å²) in [6.07, 6.45) is 4.85. The number of benzene rings is 8. The molecule has 4 heterocycles. The zero-order chi connectivity index (χ0) is 55.9. The number of nitrogens with two attached hydrogens (primary N) is 1. The Morgan fingerprint density at radius 1 is 0.444 bits per heavy atom.